The Morgan fingerprint density at radius 3 is 3.00 bits per heavy atom. The minimum Gasteiger partial charge on any atom is -0.377 e. The minimum atomic E-state index is 0.0413. The second-order valence-electron chi connectivity index (χ2n) is 5.95. The van der Waals surface area contributed by atoms with Gasteiger partial charge in [0.25, 0.3) is 5.91 Å². The van der Waals surface area contributed by atoms with Crippen molar-refractivity contribution < 1.29 is 9.53 Å². The quantitative estimate of drug-likeness (QED) is 0.831. The molecule has 3 rings (SSSR count). The Labute approximate surface area is 141 Å². The summed E-state index contributed by atoms with van der Waals surface area (Å²) in [7, 11) is 0. The fraction of sp³-hybridized carbons (Fsp3) is 0.529. The molecule has 7 heteroatoms. The van der Waals surface area contributed by atoms with Crippen molar-refractivity contribution in [2.24, 2.45) is 0 Å². The molecule has 0 aromatic carbocycles. The van der Waals surface area contributed by atoms with Gasteiger partial charge in [-0.15, -0.1) is 0 Å². The molecule has 1 aliphatic heterocycles. The van der Waals surface area contributed by atoms with Crippen molar-refractivity contribution in [3.8, 4) is 0 Å². The van der Waals surface area contributed by atoms with E-state index >= 15 is 0 Å². The molecule has 0 spiro atoms. The molecule has 1 aliphatic rings. The Morgan fingerprint density at radius 1 is 1.42 bits per heavy atom. The second-order valence-corrected chi connectivity index (χ2v) is 5.95. The first kappa shape index (κ1) is 16.6. The van der Waals surface area contributed by atoms with Crippen LogP contribution in [0.4, 0.5) is 0 Å². The predicted molar refractivity (Wildman–Crippen MR) is 88.6 cm³/mol. The molecule has 7 nitrogen and oxygen atoms in total. The normalized spacial score (nSPS) is 17.9. The summed E-state index contributed by atoms with van der Waals surface area (Å²) in [5.41, 5.74) is 2.40. The van der Waals surface area contributed by atoms with Crippen LogP contribution in [0.1, 0.15) is 35.1 Å². The molecule has 3 heterocycles. The third-order valence-corrected chi connectivity index (χ3v) is 4.34. The fourth-order valence-electron chi connectivity index (χ4n) is 2.98. The standard InChI is InChI=1S/C17H23N5O2/c1-3-21-11-16(13(2)20-21)17(23)22-8-9-24-12-15(22)5-4-14-10-18-6-7-19-14/h6-7,10-11,15H,3-5,8-9,12H2,1-2H3/t15-/m0/s1. The number of carbonyl (C=O) groups excluding carboxylic acids is 1. The van der Waals surface area contributed by atoms with E-state index in [1.54, 1.807) is 23.3 Å². The Morgan fingerprint density at radius 2 is 2.29 bits per heavy atom. The number of ether oxygens (including phenoxy) is 1. The maximum atomic E-state index is 13.0. The number of rotatable bonds is 5. The number of morpholine rings is 1. The van der Waals surface area contributed by atoms with Gasteiger partial charge in [0.2, 0.25) is 0 Å². The highest BCUT2D eigenvalue weighted by atomic mass is 16.5. The first-order valence-electron chi connectivity index (χ1n) is 8.36. The molecule has 1 fully saturated rings. The maximum absolute atomic E-state index is 13.0. The number of amides is 1. The van der Waals surface area contributed by atoms with Crippen LogP contribution in [0.5, 0.6) is 0 Å². The maximum Gasteiger partial charge on any atom is 0.257 e. The van der Waals surface area contributed by atoms with Crippen LogP contribution in [0.15, 0.2) is 24.8 Å². The highest BCUT2D eigenvalue weighted by Gasteiger charge is 2.29. The van der Waals surface area contributed by atoms with Gasteiger partial charge in [-0.25, -0.2) is 0 Å². The second kappa shape index (κ2) is 7.53. The van der Waals surface area contributed by atoms with Crippen LogP contribution in [-0.4, -0.2) is 56.4 Å². The summed E-state index contributed by atoms with van der Waals surface area (Å²) in [4.78, 5) is 23.3. The molecule has 2 aromatic rings. The van der Waals surface area contributed by atoms with Gasteiger partial charge in [0.15, 0.2) is 0 Å². The molecule has 0 unspecified atom stereocenters. The largest absolute Gasteiger partial charge is 0.377 e. The zero-order chi connectivity index (χ0) is 16.9. The molecule has 0 bridgehead atoms. The Kier molecular flexibility index (Phi) is 5.20. The zero-order valence-corrected chi connectivity index (χ0v) is 14.2. The number of aromatic nitrogens is 4. The third-order valence-electron chi connectivity index (χ3n) is 4.34. The van der Waals surface area contributed by atoms with E-state index in [9.17, 15) is 4.79 Å². The van der Waals surface area contributed by atoms with E-state index in [-0.39, 0.29) is 11.9 Å². The van der Waals surface area contributed by atoms with Crippen LogP contribution in [0.25, 0.3) is 0 Å². The number of carbonyl (C=O) groups is 1. The van der Waals surface area contributed by atoms with E-state index in [1.807, 2.05) is 24.9 Å². The van der Waals surface area contributed by atoms with Gasteiger partial charge in [0.05, 0.1) is 36.2 Å². The Bertz CT molecular complexity index is 686. The summed E-state index contributed by atoms with van der Waals surface area (Å²) < 4.78 is 7.40. The van der Waals surface area contributed by atoms with Gasteiger partial charge in [0.1, 0.15) is 0 Å². The summed E-state index contributed by atoms with van der Waals surface area (Å²) in [5, 5.41) is 4.38. The molecule has 0 aliphatic carbocycles. The van der Waals surface area contributed by atoms with E-state index in [0.717, 1.165) is 30.8 Å². The lowest BCUT2D eigenvalue weighted by atomic mass is 10.1. The van der Waals surface area contributed by atoms with Crippen molar-refractivity contribution in [3.63, 3.8) is 0 Å². The Hall–Kier alpha value is -2.28. The predicted octanol–water partition coefficient (Wildman–Crippen LogP) is 1.48. The molecule has 2 aromatic heterocycles. The first-order valence-corrected chi connectivity index (χ1v) is 8.36. The minimum absolute atomic E-state index is 0.0413. The number of hydrogen-bond acceptors (Lipinski definition) is 5. The van der Waals surface area contributed by atoms with Crippen LogP contribution < -0.4 is 0 Å². The summed E-state index contributed by atoms with van der Waals surface area (Å²) in [5.74, 6) is 0.0413. The van der Waals surface area contributed by atoms with Crippen molar-refractivity contribution >= 4 is 5.91 Å². The smallest absolute Gasteiger partial charge is 0.257 e. The summed E-state index contributed by atoms with van der Waals surface area (Å²) in [6, 6.07) is 0.0534. The van der Waals surface area contributed by atoms with Crippen LogP contribution in [0.2, 0.25) is 0 Å². The summed E-state index contributed by atoms with van der Waals surface area (Å²) >= 11 is 0. The van der Waals surface area contributed by atoms with Crippen LogP contribution in [0, 0.1) is 6.92 Å². The van der Waals surface area contributed by atoms with Gasteiger partial charge in [-0.3, -0.25) is 19.4 Å². The van der Waals surface area contributed by atoms with Crippen molar-refractivity contribution in [2.45, 2.75) is 39.3 Å². The molecule has 24 heavy (non-hydrogen) atoms. The van der Waals surface area contributed by atoms with Crippen molar-refractivity contribution in [2.75, 3.05) is 19.8 Å². The van der Waals surface area contributed by atoms with E-state index < -0.39 is 0 Å². The topological polar surface area (TPSA) is 73.1 Å². The van der Waals surface area contributed by atoms with Gasteiger partial charge < -0.3 is 9.64 Å². The van der Waals surface area contributed by atoms with Gasteiger partial charge in [-0.1, -0.05) is 0 Å². The van der Waals surface area contributed by atoms with E-state index in [0.29, 0.717) is 25.3 Å². The van der Waals surface area contributed by atoms with Gasteiger partial charge >= 0.3 is 0 Å². The van der Waals surface area contributed by atoms with E-state index in [2.05, 4.69) is 15.1 Å². The average Bonchev–Trinajstić information content (AvgIpc) is 3.01. The molecule has 1 atom stereocenters. The molecule has 1 amide bonds. The third kappa shape index (κ3) is 3.62. The van der Waals surface area contributed by atoms with Gasteiger partial charge in [-0.2, -0.15) is 5.10 Å². The fourth-order valence-corrected chi connectivity index (χ4v) is 2.98. The van der Waals surface area contributed by atoms with Crippen molar-refractivity contribution in [3.05, 3.63) is 41.7 Å². The number of aryl methyl sites for hydroxylation is 3. The van der Waals surface area contributed by atoms with Crippen LogP contribution in [-0.2, 0) is 17.7 Å². The Balaban J connectivity index is 1.71. The van der Waals surface area contributed by atoms with Crippen LogP contribution >= 0.6 is 0 Å². The average molecular weight is 329 g/mol. The van der Waals surface area contributed by atoms with Crippen LogP contribution in [0.3, 0.4) is 0 Å². The monoisotopic (exact) mass is 329 g/mol. The lowest BCUT2D eigenvalue weighted by Gasteiger charge is -2.35. The summed E-state index contributed by atoms with van der Waals surface area (Å²) in [6.07, 6.45) is 8.55. The zero-order valence-electron chi connectivity index (χ0n) is 14.2. The number of nitrogens with zero attached hydrogens (tertiary/aromatic N) is 5. The lowest BCUT2D eigenvalue weighted by molar-refractivity contribution is -0.00417. The van der Waals surface area contributed by atoms with Gasteiger partial charge in [0, 0.05) is 37.9 Å². The van der Waals surface area contributed by atoms with Crippen molar-refractivity contribution in [1.82, 2.24) is 24.6 Å². The highest BCUT2D eigenvalue weighted by Crippen LogP contribution is 2.18. The summed E-state index contributed by atoms with van der Waals surface area (Å²) in [6.45, 7) is 6.41. The van der Waals surface area contributed by atoms with E-state index in [4.69, 9.17) is 4.74 Å². The van der Waals surface area contributed by atoms with Gasteiger partial charge in [-0.05, 0) is 26.7 Å². The number of hydrogen-bond donors (Lipinski definition) is 0. The molecular weight excluding hydrogens is 306 g/mol. The first-order chi connectivity index (χ1) is 11.7. The lowest BCUT2D eigenvalue weighted by Crippen LogP contribution is -2.49. The highest BCUT2D eigenvalue weighted by molar-refractivity contribution is 5.95. The van der Waals surface area contributed by atoms with E-state index in [1.165, 1.54) is 0 Å². The molecule has 128 valence electrons. The molecule has 1 saturated heterocycles. The molecule has 0 N–H and O–H groups in total. The molecule has 0 saturated carbocycles. The molecule has 0 radical (unpaired) electrons. The molecular formula is C17H23N5O2. The SMILES string of the molecule is CCn1cc(C(=O)N2CCOC[C@@H]2CCc2cnccn2)c(C)n1. The van der Waals surface area contributed by atoms with Crippen molar-refractivity contribution in [1.29, 1.82) is 0 Å².